The number of esters is 1. The molecule has 5 aliphatic rings. The summed E-state index contributed by atoms with van der Waals surface area (Å²) in [5.41, 5.74) is 0.600. The van der Waals surface area contributed by atoms with Crippen molar-refractivity contribution in [2.24, 2.45) is 58.2 Å². The molecule has 5 rings (SSSR count). The van der Waals surface area contributed by atoms with Crippen LogP contribution in [0.4, 0.5) is 0 Å². The van der Waals surface area contributed by atoms with E-state index in [9.17, 15) is 29.6 Å². The van der Waals surface area contributed by atoms with E-state index in [2.05, 4.69) is 41.5 Å². The molecule has 1 heterocycles. The molecule has 1 aliphatic heterocycles. The van der Waals surface area contributed by atoms with Crippen molar-refractivity contribution < 1.29 is 43.4 Å². The number of carbonyl (C=O) groups is 1. The maximum atomic E-state index is 13.0. The molecule has 9 nitrogen and oxygen atoms in total. The first kappa shape index (κ1) is 34.2. The molecule has 0 aromatic carbocycles. The van der Waals surface area contributed by atoms with E-state index in [1.165, 1.54) is 44.9 Å². The molecule has 0 saturated heterocycles. The Morgan fingerprint density at radius 1 is 0.977 bits per heavy atom. The van der Waals surface area contributed by atoms with Crippen LogP contribution in [0.15, 0.2) is 11.5 Å². The summed E-state index contributed by atoms with van der Waals surface area (Å²) in [5.74, 6) is 2.79. The van der Waals surface area contributed by atoms with Gasteiger partial charge in [-0.25, -0.2) is 9.36 Å². The summed E-state index contributed by atoms with van der Waals surface area (Å²) in [6.45, 7) is 13.9. The second-order valence-electron chi connectivity index (χ2n) is 16.0. The van der Waals surface area contributed by atoms with E-state index in [1.807, 2.05) is 0 Å². The van der Waals surface area contributed by atoms with Crippen molar-refractivity contribution in [2.45, 2.75) is 130 Å². The number of hydrogen-bond acceptors (Lipinski definition) is 8. The number of carbonyl (C=O) groups excluding carboxylic acids is 1. The van der Waals surface area contributed by atoms with Crippen molar-refractivity contribution in [2.75, 3.05) is 6.61 Å². The van der Waals surface area contributed by atoms with Crippen LogP contribution < -0.4 is 0 Å². The molecular weight excluding hydrogens is 583 g/mol. The lowest BCUT2D eigenvalue weighted by molar-refractivity contribution is -0.147. The molecular formula is C34H57O9P. The lowest BCUT2D eigenvalue weighted by atomic mass is 9.44. The quantitative estimate of drug-likeness (QED) is 0.140. The average molecular weight is 641 g/mol. The number of rotatable bonds is 11. The SMILES string of the molecule is CC(C)[C@H](C)CC[C@@H](C)[C@H]1CC[C@H]2[C@@H]3CC[C@H]4C[C@@H](OP(=O)(O)OC5=C(O)C(=O)O[C@@H]5[C@@H](O)CO)CC[C@]4(C)[C@H]3CC[C@]12C. The lowest BCUT2D eigenvalue weighted by Crippen LogP contribution is -2.54. The minimum atomic E-state index is -4.76. The third-order valence-corrected chi connectivity index (χ3v) is 14.5. The van der Waals surface area contributed by atoms with Crippen LogP contribution in [0.3, 0.4) is 0 Å². The van der Waals surface area contributed by atoms with Crippen LogP contribution in [0.25, 0.3) is 0 Å². The fourth-order valence-corrected chi connectivity index (χ4v) is 11.6. The predicted molar refractivity (Wildman–Crippen MR) is 166 cm³/mol. The van der Waals surface area contributed by atoms with E-state index in [1.54, 1.807) is 0 Å². The summed E-state index contributed by atoms with van der Waals surface area (Å²) in [5, 5.41) is 29.2. The van der Waals surface area contributed by atoms with Gasteiger partial charge in [0, 0.05) is 0 Å². The normalized spacial score (nSPS) is 42.1. The number of aliphatic hydroxyl groups is 3. The van der Waals surface area contributed by atoms with Crippen LogP contribution in [0, 0.1) is 58.2 Å². The third-order valence-electron chi connectivity index (χ3n) is 13.5. The summed E-state index contributed by atoms with van der Waals surface area (Å²) < 4.78 is 28.6. The lowest BCUT2D eigenvalue weighted by Gasteiger charge is -2.61. The second kappa shape index (κ2) is 12.8. The minimum absolute atomic E-state index is 0.170. The number of hydrogen-bond donors (Lipinski definition) is 4. The zero-order valence-electron chi connectivity index (χ0n) is 27.6. The predicted octanol–water partition coefficient (Wildman–Crippen LogP) is 6.90. The highest BCUT2D eigenvalue weighted by Gasteiger charge is 2.61. The van der Waals surface area contributed by atoms with Gasteiger partial charge in [0.25, 0.3) is 0 Å². The zero-order valence-corrected chi connectivity index (χ0v) is 28.5. The molecule has 4 fully saturated rings. The largest absolute Gasteiger partial charge is 0.527 e. The summed E-state index contributed by atoms with van der Waals surface area (Å²) in [4.78, 5) is 22.4. The van der Waals surface area contributed by atoms with E-state index in [4.69, 9.17) is 13.8 Å². The van der Waals surface area contributed by atoms with Gasteiger partial charge in [0.05, 0.1) is 12.7 Å². The molecule has 4 N–H and O–H groups in total. The van der Waals surface area contributed by atoms with Gasteiger partial charge in [0.2, 0.25) is 11.5 Å². The molecule has 1 unspecified atom stereocenters. The first-order valence-corrected chi connectivity index (χ1v) is 18.7. The molecule has 44 heavy (non-hydrogen) atoms. The second-order valence-corrected chi connectivity index (χ2v) is 17.3. The monoisotopic (exact) mass is 640 g/mol. The summed E-state index contributed by atoms with van der Waals surface area (Å²) in [7, 11) is -4.76. The fourth-order valence-electron chi connectivity index (χ4n) is 10.6. The van der Waals surface area contributed by atoms with E-state index >= 15 is 0 Å². The summed E-state index contributed by atoms with van der Waals surface area (Å²) >= 11 is 0. The maximum absolute atomic E-state index is 13.0. The van der Waals surface area contributed by atoms with E-state index in [0.29, 0.717) is 30.1 Å². The smallest absolute Gasteiger partial charge is 0.499 e. The average Bonchev–Trinajstić information content (AvgIpc) is 3.46. The Morgan fingerprint density at radius 3 is 2.34 bits per heavy atom. The standard InChI is InChI=1S/C34H57O9P/c1-19(2)20(3)7-8-21(4)25-11-12-26-24-10-9-22-17-23(13-15-33(22,5)27(24)14-16-34(25,26)6)42-44(39,40)43-31-29(37)32(38)41-30(31)28(36)18-35/h19-28,30,35-37H,7-18H2,1-6H3,(H,39,40)/t20-,21-,22+,23+,24+,25-,26+,27+,28+,30-,33+,34-/m1/s1. The topological polar surface area (TPSA) is 143 Å². The van der Waals surface area contributed by atoms with Crippen LogP contribution in [0.1, 0.15) is 112 Å². The van der Waals surface area contributed by atoms with Crippen LogP contribution in [-0.4, -0.2) is 51.1 Å². The Kier molecular flexibility index (Phi) is 9.97. The fraction of sp³-hybridized carbons (Fsp3) is 0.912. The minimum Gasteiger partial charge on any atom is -0.499 e. The first-order chi connectivity index (χ1) is 20.6. The highest BCUT2D eigenvalue weighted by atomic mass is 31.2. The van der Waals surface area contributed by atoms with Crippen LogP contribution in [0.2, 0.25) is 0 Å². The molecule has 252 valence electrons. The molecule has 10 heteroatoms. The number of phosphoric acid groups is 1. The number of ether oxygens (including phenoxy) is 1. The van der Waals surface area contributed by atoms with E-state index in [-0.39, 0.29) is 5.41 Å². The Morgan fingerprint density at radius 2 is 1.66 bits per heavy atom. The van der Waals surface area contributed by atoms with Gasteiger partial charge in [-0.3, -0.25) is 9.42 Å². The van der Waals surface area contributed by atoms with Gasteiger partial charge >= 0.3 is 13.8 Å². The molecule has 0 spiro atoms. The highest BCUT2D eigenvalue weighted by molar-refractivity contribution is 7.47. The van der Waals surface area contributed by atoms with Crippen LogP contribution in [-0.2, 0) is 23.1 Å². The summed E-state index contributed by atoms with van der Waals surface area (Å²) in [6.07, 6.45) is 8.74. The van der Waals surface area contributed by atoms with Gasteiger partial charge in [0.1, 0.15) is 6.10 Å². The van der Waals surface area contributed by atoms with Crippen molar-refractivity contribution in [1.29, 1.82) is 0 Å². The van der Waals surface area contributed by atoms with Crippen molar-refractivity contribution in [3.8, 4) is 0 Å². The molecule has 0 aromatic heterocycles. The van der Waals surface area contributed by atoms with E-state index < -0.39 is 50.2 Å². The first-order valence-electron chi connectivity index (χ1n) is 17.2. The maximum Gasteiger partial charge on any atom is 0.527 e. The Labute approximate surface area is 263 Å². The van der Waals surface area contributed by atoms with Crippen LogP contribution >= 0.6 is 7.82 Å². The number of aliphatic hydroxyl groups excluding tert-OH is 3. The van der Waals surface area contributed by atoms with Crippen LogP contribution in [0.5, 0.6) is 0 Å². The summed E-state index contributed by atoms with van der Waals surface area (Å²) in [6, 6.07) is 0. The van der Waals surface area contributed by atoms with Crippen molar-refractivity contribution in [3.05, 3.63) is 11.5 Å². The molecule has 0 aromatic rings. The van der Waals surface area contributed by atoms with Gasteiger partial charge in [-0.2, -0.15) is 0 Å². The zero-order chi connectivity index (χ0) is 32.2. The Bertz CT molecular complexity index is 1140. The van der Waals surface area contributed by atoms with Gasteiger partial charge < -0.3 is 24.6 Å². The Hall–Kier alpha value is -1.12. The third kappa shape index (κ3) is 6.26. The van der Waals surface area contributed by atoms with Crippen molar-refractivity contribution >= 4 is 13.8 Å². The molecule has 0 radical (unpaired) electrons. The van der Waals surface area contributed by atoms with E-state index in [0.717, 1.165) is 48.3 Å². The van der Waals surface area contributed by atoms with Gasteiger partial charge in [-0.1, -0.05) is 54.4 Å². The number of cyclic esters (lactones) is 1. The molecule has 13 atom stereocenters. The Balaban J connectivity index is 1.21. The van der Waals surface area contributed by atoms with Crippen molar-refractivity contribution in [3.63, 3.8) is 0 Å². The van der Waals surface area contributed by atoms with Gasteiger partial charge in [0.15, 0.2) is 6.10 Å². The number of fused-ring (bicyclic) bond motifs is 5. The molecule has 4 saturated carbocycles. The molecule has 0 amide bonds. The van der Waals surface area contributed by atoms with Gasteiger partial charge in [-0.15, -0.1) is 0 Å². The van der Waals surface area contributed by atoms with Gasteiger partial charge in [-0.05, 0) is 116 Å². The molecule has 0 bridgehead atoms. The van der Waals surface area contributed by atoms with Crippen molar-refractivity contribution in [1.82, 2.24) is 0 Å². The molecule has 4 aliphatic carbocycles. The highest BCUT2D eigenvalue weighted by Crippen LogP contribution is 2.69. The number of phosphoric ester groups is 1.